The van der Waals surface area contributed by atoms with Gasteiger partial charge in [0.05, 0.1) is 12.1 Å². The van der Waals surface area contributed by atoms with Crippen LogP contribution in [-0.2, 0) is 0 Å². The highest BCUT2D eigenvalue weighted by molar-refractivity contribution is 6.32. The average Bonchev–Trinajstić information content (AvgIpc) is 2.29. The lowest BCUT2D eigenvalue weighted by Gasteiger charge is -2.05. The zero-order valence-corrected chi connectivity index (χ0v) is 10.3. The highest BCUT2D eigenvalue weighted by Gasteiger charge is 2.08. The number of halogens is 1. The molecule has 0 amide bonds. The van der Waals surface area contributed by atoms with Gasteiger partial charge >= 0.3 is 0 Å². The van der Waals surface area contributed by atoms with Crippen molar-refractivity contribution in [2.24, 2.45) is 0 Å². The summed E-state index contributed by atoms with van der Waals surface area (Å²) < 4.78 is 5.02. The molecule has 0 aliphatic heterocycles. The number of ether oxygens (including phenoxy) is 1. The summed E-state index contributed by atoms with van der Waals surface area (Å²) in [5.41, 5.74) is 0.641. The maximum Gasteiger partial charge on any atom is 0.162 e. The lowest BCUT2D eigenvalue weighted by atomic mass is 10.1. The van der Waals surface area contributed by atoms with Crippen molar-refractivity contribution in [2.45, 2.75) is 12.8 Å². The van der Waals surface area contributed by atoms with Gasteiger partial charge in [0.1, 0.15) is 5.75 Å². The van der Waals surface area contributed by atoms with Crippen molar-refractivity contribution in [3.63, 3.8) is 0 Å². The monoisotopic (exact) mass is 241 g/mol. The Labute approximate surface area is 101 Å². The van der Waals surface area contributed by atoms with E-state index in [0.717, 1.165) is 13.0 Å². The lowest BCUT2D eigenvalue weighted by molar-refractivity contribution is 0.0980. The van der Waals surface area contributed by atoms with E-state index in [0.29, 0.717) is 22.8 Å². The molecule has 0 aliphatic rings. The van der Waals surface area contributed by atoms with Crippen molar-refractivity contribution in [2.75, 3.05) is 20.7 Å². The SMILES string of the molecule is CNCCCC(=O)c1ccc(OC)c(Cl)c1. The molecule has 3 nitrogen and oxygen atoms in total. The van der Waals surface area contributed by atoms with Crippen LogP contribution in [0.1, 0.15) is 23.2 Å². The molecule has 16 heavy (non-hydrogen) atoms. The van der Waals surface area contributed by atoms with Gasteiger partial charge in [-0.25, -0.2) is 0 Å². The van der Waals surface area contributed by atoms with Crippen LogP contribution in [0.3, 0.4) is 0 Å². The maximum absolute atomic E-state index is 11.7. The van der Waals surface area contributed by atoms with Crippen molar-refractivity contribution >= 4 is 17.4 Å². The Morgan fingerprint density at radius 3 is 2.81 bits per heavy atom. The van der Waals surface area contributed by atoms with Gasteiger partial charge in [0.15, 0.2) is 5.78 Å². The number of hydrogen-bond acceptors (Lipinski definition) is 3. The Morgan fingerprint density at radius 2 is 2.25 bits per heavy atom. The smallest absolute Gasteiger partial charge is 0.162 e. The summed E-state index contributed by atoms with van der Waals surface area (Å²) >= 11 is 5.95. The molecule has 1 aromatic rings. The maximum atomic E-state index is 11.7. The Bertz CT molecular complexity index is 366. The van der Waals surface area contributed by atoms with Crippen molar-refractivity contribution in [3.8, 4) is 5.75 Å². The highest BCUT2D eigenvalue weighted by Crippen LogP contribution is 2.25. The van der Waals surface area contributed by atoms with Crippen LogP contribution in [0.5, 0.6) is 5.75 Å². The molecule has 0 aliphatic carbocycles. The third-order valence-corrected chi connectivity index (χ3v) is 2.60. The minimum atomic E-state index is 0.111. The lowest BCUT2D eigenvalue weighted by Crippen LogP contribution is -2.10. The van der Waals surface area contributed by atoms with Crippen LogP contribution in [0.15, 0.2) is 18.2 Å². The number of rotatable bonds is 6. The number of ketones is 1. The molecular weight excluding hydrogens is 226 g/mol. The Kier molecular flexibility index (Phi) is 5.29. The predicted molar refractivity (Wildman–Crippen MR) is 65.5 cm³/mol. The fourth-order valence-corrected chi connectivity index (χ4v) is 1.67. The van der Waals surface area contributed by atoms with E-state index in [4.69, 9.17) is 16.3 Å². The molecular formula is C12H16ClNO2. The van der Waals surface area contributed by atoms with E-state index in [1.54, 1.807) is 25.3 Å². The summed E-state index contributed by atoms with van der Waals surface area (Å²) in [5, 5.41) is 3.48. The summed E-state index contributed by atoms with van der Waals surface area (Å²) in [6, 6.07) is 5.11. The highest BCUT2D eigenvalue weighted by atomic mass is 35.5. The van der Waals surface area contributed by atoms with E-state index in [9.17, 15) is 4.79 Å². The number of carbonyl (C=O) groups is 1. The summed E-state index contributed by atoms with van der Waals surface area (Å²) in [5.74, 6) is 0.702. The number of Topliss-reactive ketones (excluding diaryl/α,β-unsaturated/α-hetero) is 1. The third kappa shape index (κ3) is 3.51. The van der Waals surface area contributed by atoms with Crippen molar-refractivity contribution in [3.05, 3.63) is 28.8 Å². The molecule has 0 saturated carbocycles. The van der Waals surface area contributed by atoms with Gasteiger partial charge in [-0.3, -0.25) is 4.79 Å². The van der Waals surface area contributed by atoms with Crippen LogP contribution >= 0.6 is 11.6 Å². The van der Waals surface area contributed by atoms with Gasteiger partial charge in [0.2, 0.25) is 0 Å². The van der Waals surface area contributed by atoms with Gasteiger partial charge in [-0.05, 0) is 38.2 Å². The fourth-order valence-electron chi connectivity index (χ4n) is 1.41. The van der Waals surface area contributed by atoms with E-state index >= 15 is 0 Å². The van der Waals surface area contributed by atoms with Gasteiger partial charge in [-0.15, -0.1) is 0 Å². The van der Waals surface area contributed by atoms with Crippen LogP contribution in [0.4, 0.5) is 0 Å². The average molecular weight is 242 g/mol. The minimum absolute atomic E-state index is 0.111. The molecule has 0 heterocycles. The van der Waals surface area contributed by atoms with Crippen LogP contribution in [0.2, 0.25) is 5.02 Å². The third-order valence-electron chi connectivity index (χ3n) is 2.30. The molecule has 0 unspecified atom stereocenters. The second-order valence-corrected chi connectivity index (χ2v) is 3.89. The molecule has 1 N–H and O–H groups in total. The molecule has 0 aromatic heterocycles. The van der Waals surface area contributed by atoms with E-state index in [-0.39, 0.29) is 5.78 Å². The summed E-state index contributed by atoms with van der Waals surface area (Å²) in [7, 11) is 3.42. The van der Waals surface area contributed by atoms with Crippen molar-refractivity contribution in [1.29, 1.82) is 0 Å². The van der Waals surface area contributed by atoms with E-state index in [1.807, 2.05) is 7.05 Å². The number of benzene rings is 1. The second kappa shape index (κ2) is 6.51. The van der Waals surface area contributed by atoms with Crippen molar-refractivity contribution < 1.29 is 9.53 Å². The summed E-state index contributed by atoms with van der Waals surface area (Å²) in [6.07, 6.45) is 1.36. The van der Waals surface area contributed by atoms with Crippen LogP contribution in [-0.4, -0.2) is 26.5 Å². The molecule has 0 radical (unpaired) electrons. The fraction of sp³-hybridized carbons (Fsp3) is 0.417. The van der Waals surface area contributed by atoms with Gasteiger partial charge in [0, 0.05) is 12.0 Å². The zero-order valence-electron chi connectivity index (χ0n) is 9.55. The van der Waals surface area contributed by atoms with Gasteiger partial charge in [0.25, 0.3) is 0 Å². The molecule has 1 aromatic carbocycles. The Balaban J connectivity index is 2.66. The number of methoxy groups -OCH3 is 1. The molecule has 0 bridgehead atoms. The minimum Gasteiger partial charge on any atom is -0.495 e. The number of carbonyl (C=O) groups excluding carboxylic acids is 1. The first-order chi connectivity index (χ1) is 7.69. The Hall–Kier alpha value is -1.06. The molecule has 4 heteroatoms. The number of hydrogen-bond donors (Lipinski definition) is 1. The standard InChI is InChI=1S/C12H16ClNO2/c1-14-7-3-4-11(15)9-5-6-12(16-2)10(13)8-9/h5-6,8,14H,3-4,7H2,1-2H3. The van der Waals surface area contributed by atoms with Crippen molar-refractivity contribution in [1.82, 2.24) is 5.32 Å². The number of nitrogens with one attached hydrogen (secondary N) is 1. The normalized spacial score (nSPS) is 10.2. The topological polar surface area (TPSA) is 38.3 Å². The first-order valence-electron chi connectivity index (χ1n) is 5.20. The molecule has 0 saturated heterocycles. The van der Waals surface area contributed by atoms with Crippen LogP contribution in [0.25, 0.3) is 0 Å². The van der Waals surface area contributed by atoms with Crippen LogP contribution in [0, 0.1) is 0 Å². The van der Waals surface area contributed by atoms with Gasteiger partial charge < -0.3 is 10.1 Å². The zero-order chi connectivity index (χ0) is 12.0. The van der Waals surface area contributed by atoms with Gasteiger partial charge in [-0.2, -0.15) is 0 Å². The van der Waals surface area contributed by atoms with Crippen LogP contribution < -0.4 is 10.1 Å². The van der Waals surface area contributed by atoms with Gasteiger partial charge in [-0.1, -0.05) is 11.6 Å². The quantitative estimate of drug-likeness (QED) is 0.615. The summed E-state index contributed by atoms with van der Waals surface area (Å²) in [4.78, 5) is 11.7. The van der Waals surface area contributed by atoms with E-state index in [2.05, 4.69) is 5.32 Å². The second-order valence-electron chi connectivity index (χ2n) is 3.48. The first-order valence-corrected chi connectivity index (χ1v) is 5.58. The predicted octanol–water partition coefficient (Wildman–Crippen LogP) is 2.53. The molecule has 0 spiro atoms. The summed E-state index contributed by atoms with van der Waals surface area (Å²) in [6.45, 7) is 0.843. The largest absolute Gasteiger partial charge is 0.495 e. The Morgan fingerprint density at radius 1 is 1.50 bits per heavy atom. The molecule has 1 rings (SSSR count). The first kappa shape index (κ1) is 13.0. The van der Waals surface area contributed by atoms with E-state index < -0.39 is 0 Å². The molecule has 0 fully saturated rings. The molecule has 0 atom stereocenters. The van der Waals surface area contributed by atoms with E-state index in [1.165, 1.54) is 0 Å². The molecule has 88 valence electrons.